The van der Waals surface area contributed by atoms with Gasteiger partial charge in [-0.15, -0.1) is 0 Å². The highest BCUT2D eigenvalue weighted by Gasteiger charge is 2.16. The zero-order valence-electron chi connectivity index (χ0n) is 11.9. The van der Waals surface area contributed by atoms with Crippen molar-refractivity contribution in [3.05, 3.63) is 16.4 Å². The van der Waals surface area contributed by atoms with E-state index >= 15 is 0 Å². The third-order valence-corrected chi connectivity index (χ3v) is 4.07. The van der Waals surface area contributed by atoms with Crippen molar-refractivity contribution in [1.82, 2.24) is 15.1 Å². The first-order valence-electron chi connectivity index (χ1n) is 7.32. The molecule has 2 heterocycles. The summed E-state index contributed by atoms with van der Waals surface area (Å²) in [6.07, 6.45) is 4.87. The molecular weight excluding hydrogens is 262 g/mol. The molecule has 2 rings (SSSR count). The molecular formula is C14H24ClN3O. The number of rotatable bonds is 6. The van der Waals surface area contributed by atoms with E-state index in [4.69, 9.17) is 16.3 Å². The van der Waals surface area contributed by atoms with Gasteiger partial charge in [0.1, 0.15) is 0 Å². The molecule has 1 N–H and O–H groups in total. The number of halogens is 1. The highest BCUT2D eigenvalue weighted by molar-refractivity contribution is 6.31. The minimum absolute atomic E-state index is 0.358. The third-order valence-electron chi connectivity index (χ3n) is 3.63. The summed E-state index contributed by atoms with van der Waals surface area (Å²) in [5, 5.41) is 8.80. The summed E-state index contributed by atoms with van der Waals surface area (Å²) in [5.74, 6) is 0. The zero-order chi connectivity index (χ0) is 13.7. The molecule has 1 saturated heterocycles. The van der Waals surface area contributed by atoms with Crippen LogP contribution in [-0.2, 0) is 24.2 Å². The molecule has 0 amide bonds. The molecule has 1 aliphatic heterocycles. The summed E-state index contributed by atoms with van der Waals surface area (Å²) in [4.78, 5) is 0. The van der Waals surface area contributed by atoms with Gasteiger partial charge >= 0.3 is 0 Å². The molecule has 0 radical (unpaired) electrons. The Labute approximate surface area is 120 Å². The lowest BCUT2D eigenvalue weighted by molar-refractivity contribution is 0.0167. The monoisotopic (exact) mass is 285 g/mol. The van der Waals surface area contributed by atoms with E-state index in [-0.39, 0.29) is 0 Å². The van der Waals surface area contributed by atoms with Crippen LogP contribution in [0, 0.1) is 0 Å². The standard InChI is InChI=1S/C14H24ClN3O/c1-3-12-14(15)13(18(4-2)17-12)10-16-9-11-7-5-6-8-19-11/h11,16H,3-10H2,1-2H3. The number of nitrogens with one attached hydrogen (secondary N) is 1. The van der Waals surface area contributed by atoms with Gasteiger partial charge in [-0.1, -0.05) is 18.5 Å². The van der Waals surface area contributed by atoms with Crippen molar-refractivity contribution < 1.29 is 4.74 Å². The van der Waals surface area contributed by atoms with Gasteiger partial charge in [0.2, 0.25) is 0 Å². The van der Waals surface area contributed by atoms with E-state index in [9.17, 15) is 0 Å². The Bertz CT molecular complexity index is 400. The average molecular weight is 286 g/mol. The van der Waals surface area contributed by atoms with Gasteiger partial charge in [0, 0.05) is 26.2 Å². The Morgan fingerprint density at radius 2 is 2.26 bits per heavy atom. The molecule has 4 nitrogen and oxygen atoms in total. The van der Waals surface area contributed by atoms with Crippen LogP contribution in [0.3, 0.4) is 0 Å². The first-order valence-corrected chi connectivity index (χ1v) is 7.70. The molecule has 5 heteroatoms. The Kier molecular flexibility index (Phi) is 5.67. The fourth-order valence-electron chi connectivity index (χ4n) is 2.51. The molecule has 1 aromatic heterocycles. The summed E-state index contributed by atoms with van der Waals surface area (Å²) >= 11 is 6.38. The number of ether oxygens (including phenoxy) is 1. The molecule has 0 aromatic carbocycles. The molecule has 0 saturated carbocycles. The molecule has 1 aromatic rings. The van der Waals surface area contributed by atoms with Gasteiger partial charge in [-0.05, 0) is 32.6 Å². The molecule has 0 bridgehead atoms. The van der Waals surface area contributed by atoms with Crippen molar-refractivity contribution >= 4 is 11.6 Å². The van der Waals surface area contributed by atoms with Gasteiger partial charge in [-0.25, -0.2) is 0 Å². The minimum atomic E-state index is 0.358. The predicted octanol–water partition coefficient (Wildman–Crippen LogP) is 2.78. The van der Waals surface area contributed by atoms with Gasteiger partial charge in [-0.2, -0.15) is 5.10 Å². The molecule has 1 aliphatic rings. The van der Waals surface area contributed by atoms with Crippen LogP contribution < -0.4 is 5.32 Å². The topological polar surface area (TPSA) is 39.1 Å². The van der Waals surface area contributed by atoms with Crippen LogP contribution in [0.5, 0.6) is 0 Å². The van der Waals surface area contributed by atoms with Crippen LogP contribution in [-0.4, -0.2) is 29.0 Å². The summed E-state index contributed by atoms with van der Waals surface area (Å²) in [7, 11) is 0. The molecule has 0 spiro atoms. The van der Waals surface area contributed by atoms with E-state index in [0.717, 1.165) is 55.5 Å². The molecule has 1 fully saturated rings. The van der Waals surface area contributed by atoms with Gasteiger partial charge in [0.25, 0.3) is 0 Å². The van der Waals surface area contributed by atoms with Gasteiger partial charge < -0.3 is 10.1 Å². The van der Waals surface area contributed by atoms with Gasteiger partial charge in [0.15, 0.2) is 0 Å². The second kappa shape index (κ2) is 7.27. The van der Waals surface area contributed by atoms with E-state index in [2.05, 4.69) is 24.3 Å². The van der Waals surface area contributed by atoms with Crippen LogP contribution in [0.25, 0.3) is 0 Å². The smallest absolute Gasteiger partial charge is 0.0863 e. The molecule has 0 aliphatic carbocycles. The maximum absolute atomic E-state index is 6.38. The Balaban J connectivity index is 1.89. The molecule has 1 unspecified atom stereocenters. The first kappa shape index (κ1) is 14.8. The highest BCUT2D eigenvalue weighted by atomic mass is 35.5. The summed E-state index contributed by atoms with van der Waals surface area (Å²) in [5.41, 5.74) is 2.09. The molecule has 1 atom stereocenters. The second-order valence-corrected chi connectivity index (χ2v) is 5.37. The van der Waals surface area contributed by atoms with Crippen molar-refractivity contribution in [1.29, 1.82) is 0 Å². The van der Waals surface area contributed by atoms with Crippen molar-refractivity contribution in [2.24, 2.45) is 0 Å². The highest BCUT2D eigenvalue weighted by Crippen LogP contribution is 2.21. The number of aryl methyl sites for hydroxylation is 2. The van der Waals surface area contributed by atoms with Gasteiger partial charge in [0.05, 0.1) is 22.5 Å². The van der Waals surface area contributed by atoms with Crippen molar-refractivity contribution in [2.45, 2.75) is 58.7 Å². The van der Waals surface area contributed by atoms with E-state index < -0.39 is 0 Å². The SMILES string of the molecule is CCc1nn(CC)c(CNCC2CCCCO2)c1Cl. The lowest BCUT2D eigenvalue weighted by Crippen LogP contribution is -2.32. The molecule has 19 heavy (non-hydrogen) atoms. The van der Waals surface area contributed by atoms with Crippen LogP contribution in [0.1, 0.15) is 44.5 Å². The fraction of sp³-hybridized carbons (Fsp3) is 0.786. The van der Waals surface area contributed by atoms with Gasteiger partial charge in [-0.3, -0.25) is 4.68 Å². The Morgan fingerprint density at radius 1 is 1.42 bits per heavy atom. The first-order chi connectivity index (χ1) is 9.26. The number of nitrogens with zero attached hydrogens (tertiary/aromatic N) is 2. The summed E-state index contributed by atoms with van der Waals surface area (Å²) < 4.78 is 7.71. The number of aromatic nitrogens is 2. The lowest BCUT2D eigenvalue weighted by atomic mass is 10.1. The van der Waals surface area contributed by atoms with Crippen molar-refractivity contribution in [3.8, 4) is 0 Å². The third kappa shape index (κ3) is 3.71. The average Bonchev–Trinajstić information content (AvgIpc) is 2.76. The van der Waals surface area contributed by atoms with Crippen LogP contribution in [0.2, 0.25) is 5.02 Å². The predicted molar refractivity (Wildman–Crippen MR) is 77.6 cm³/mol. The molecule has 108 valence electrons. The number of hydrogen-bond acceptors (Lipinski definition) is 3. The maximum Gasteiger partial charge on any atom is 0.0863 e. The van der Waals surface area contributed by atoms with Crippen LogP contribution in [0.4, 0.5) is 0 Å². The fourth-order valence-corrected chi connectivity index (χ4v) is 2.84. The largest absolute Gasteiger partial charge is 0.377 e. The zero-order valence-corrected chi connectivity index (χ0v) is 12.7. The van der Waals surface area contributed by atoms with E-state index in [1.54, 1.807) is 0 Å². The number of hydrogen-bond donors (Lipinski definition) is 1. The Hall–Kier alpha value is -0.580. The van der Waals surface area contributed by atoms with E-state index in [1.807, 2.05) is 4.68 Å². The van der Waals surface area contributed by atoms with E-state index in [0.29, 0.717) is 6.10 Å². The summed E-state index contributed by atoms with van der Waals surface area (Å²) in [6, 6.07) is 0. The maximum atomic E-state index is 6.38. The second-order valence-electron chi connectivity index (χ2n) is 5.00. The lowest BCUT2D eigenvalue weighted by Gasteiger charge is -2.22. The normalized spacial score (nSPS) is 19.8. The summed E-state index contributed by atoms with van der Waals surface area (Å²) in [6.45, 7) is 7.60. The quantitative estimate of drug-likeness (QED) is 0.873. The van der Waals surface area contributed by atoms with Crippen LogP contribution in [0.15, 0.2) is 0 Å². The van der Waals surface area contributed by atoms with E-state index in [1.165, 1.54) is 12.8 Å². The van der Waals surface area contributed by atoms with Crippen molar-refractivity contribution in [2.75, 3.05) is 13.2 Å². The Morgan fingerprint density at radius 3 is 2.89 bits per heavy atom. The van der Waals surface area contributed by atoms with Crippen molar-refractivity contribution in [3.63, 3.8) is 0 Å². The van der Waals surface area contributed by atoms with Crippen LogP contribution >= 0.6 is 11.6 Å². The minimum Gasteiger partial charge on any atom is -0.377 e.